The lowest BCUT2D eigenvalue weighted by atomic mass is 10.0. The summed E-state index contributed by atoms with van der Waals surface area (Å²) in [7, 11) is -2.48. The van der Waals surface area contributed by atoms with Crippen LogP contribution < -0.4 is 10.1 Å². The van der Waals surface area contributed by atoms with Crippen LogP contribution in [0.25, 0.3) is 10.9 Å². The van der Waals surface area contributed by atoms with Crippen LogP contribution in [0.5, 0.6) is 17.2 Å². The Bertz CT molecular complexity index is 1550. The number of benzene rings is 3. The molecule has 5 N–H and O–H groups in total. The lowest BCUT2D eigenvalue weighted by Crippen LogP contribution is -2.51. The molecule has 0 saturated carbocycles. The highest BCUT2D eigenvalue weighted by Gasteiger charge is 2.31. The summed E-state index contributed by atoms with van der Waals surface area (Å²) in [5.74, 6) is -0.686. The number of ether oxygens (including phenoxy) is 1. The summed E-state index contributed by atoms with van der Waals surface area (Å²) in [5, 5.41) is 34.4. The van der Waals surface area contributed by atoms with Gasteiger partial charge in [-0.15, -0.1) is 0 Å². The van der Waals surface area contributed by atoms with Gasteiger partial charge >= 0.3 is 0 Å². The molecule has 2 atom stereocenters. The molecule has 1 heterocycles. The Morgan fingerprint density at radius 2 is 1.63 bits per heavy atom. The molecule has 0 aliphatic carbocycles. The molecule has 0 spiro atoms. The van der Waals surface area contributed by atoms with Gasteiger partial charge in [-0.2, -0.15) is 4.31 Å². The Balaban J connectivity index is 1.61. The number of hydrogen-bond donors (Lipinski definition) is 5. The first-order valence-corrected chi connectivity index (χ1v) is 14.6. The zero-order chi connectivity index (χ0) is 29.7. The molecule has 0 aliphatic rings. The van der Waals surface area contributed by atoms with Crippen LogP contribution in [0.4, 0.5) is 0 Å². The van der Waals surface area contributed by atoms with Gasteiger partial charge < -0.3 is 30.4 Å². The van der Waals surface area contributed by atoms with Crippen LogP contribution in [-0.4, -0.2) is 71.3 Å². The number of aliphatic hydroxyl groups is 1. The molecule has 1 aromatic heterocycles. The number of aromatic hydroxyl groups is 2. The van der Waals surface area contributed by atoms with Gasteiger partial charge in [-0.3, -0.25) is 4.79 Å². The van der Waals surface area contributed by atoms with E-state index in [2.05, 4.69) is 10.3 Å². The van der Waals surface area contributed by atoms with Gasteiger partial charge in [-0.05, 0) is 54.3 Å². The zero-order valence-corrected chi connectivity index (χ0v) is 23.9. The van der Waals surface area contributed by atoms with Gasteiger partial charge in [0.25, 0.3) is 5.91 Å². The van der Waals surface area contributed by atoms with E-state index in [4.69, 9.17) is 4.74 Å². The zero-order valence-electron chi connectivity index (χ0n) is 23.1. The van der Waals surface area contributed by atoms with Crippen LogP contribution in [-0.2, 0) is 16.4 Å². The quantitative estimate of drug-likeness (QED) is 0.160. The maximum Gasteiger partial charge on any atom is 0.268 e. The molecule has 3 aromatic carbocycles. The number of nitrogens with one attached hydrogen (secondary N) is 2. The number of H-pyrrole nitrogens is 1. The number of rotatable bonds is 12. The number of aliphatic hydroxyl groups excluding tert-OH is 1. The molecule has 4 aromatic rings. The average Bonchev–Trinajstić information content (AvgIpc) is 3.35. The topological polar surface area (TPSA) is 152 Å². The van der Waals surface area contributed by atoms with Crippen molar-refractivity contribution in [3.05, 3.63) is 84.1 Å². The normalized spacial score (nSPS) is 13.4. The number of sulfonamides is 1. The van der Waals surface area contributed by atoms with Crippen molar-refractivity contribution in [1.82, 2.24) is 14.6 Å². The van der Waals surface area contributed by atoms with Crippen molar-refractivity contribution in [1.29, 1.82) is 0 Å². The van der Waals surface area contributed by atoms with Gasteiger partial charge in [0.05, 0.1) is 24.2 Å². The number of aromatic nitrogens is 1. The highest BCUT2D eigenvalue weighted by Crippen LogP contribution is 2.30. The van der Waals surface area contributed by atoms with Crippen molar-refractivity contribution in [3.63, 3.8) is 0 Å². The number of phenols is 2. The maximum atomic E-state index is 13.6. The minimum absolute atomic E-state index is 0.0310. The van der Waals surface area contributed by atoms with Gasteiger partial charge in [0.1, 0.15) is 11.4 Å². The van der Waals surface area contributed by atoms with Crippen LogP contribution in [0.2, 0.25) is 0 Å². The summed E-state index contributed by atoms with van der Waals surface area (Å²) in [5.41, 5.74) is 1.44. The third-order valence-electron chi connectivity index (χ3n) is 6.70. The molecule has 0 bridgehead atoms. The number of hydrogen-bond acceptors (Lipinski definition) is 7. The van der Waals surface area contributed by atoms with E-state index in [1.807, 2.05) is 44.2 Å². The second kappa shape index (κ2) is 12.6. The fourth-order valence-corrected chi connectivity index (χ4v) is 6.21. The molecule has 0 fully saturated rings. The molecule has 0 saturated heterocycles. The van der Waals surface area contributed by atoms with Crippen LogP contribution in [0.3, 0.4) is 0 Å². The van der Waals surface area contributed by atoms with E-state index in [0.29, 0.717) is 16.7 Å². The summed E-state index contributed by atoms with van der Waals surface area (Å²) in [6, 6.07) is 18.6. The van der Waals surface area contributed by atoms with Gasteiger partial charge in [-0.1, -0.05) is 44.2 Å². The van der Waals surface area contributed by atoms with Crippen LogP contribution in [0, 0.1) is 5.92 Å². The van der Waals surface area contributed by atoms with Crippen molar-refractivity contribution < 1.29 is 33.3 Å². The smallest absolute Gasteiger partial charge is 0.268 e. The molecule has 218 valence electrons. The second-order valence-corrected chi connectivity index (χ2v) is 12.3. The maximum absolute atomic E-state index is 13.6. The number of nitrogens with zero attached hydrogens (tertiary/aromatic N) is 1. The van der Waals surface area contributed by atoms with Crippen molar-refractivity contribution in [3.8, 4) is 17.2 Å². The first kappa shape index (κ1) is 29.9. The minimum atomic E-state index is -3.98. The molecule has 1 amide bonds. The lowest BCUT2D eigenvalue weighted by Gasteiger charge is -2.30. The second-order valence-electron chi connectivity index (χ2n) is 10.3. The molecule has 4 rings (SSSR count). The Morgan fingerprint density at radius 1 is 0.976 bits per heavy atom. The Labute approximate surface area is 239 Å². The van der Waals surface area contributed by atoms with Gasteiger partial charge in [-0.25, -0.2) is 8.42 Å². The highest BCUT2D eigenvalue weighted by molar-refractivity contribution is 7.89. The van der Waals surface area contributed by atoms with Crippen molar-refractivity contribution >= 4 is 26.8 Å². The standard InChI is InChI=1S/C30H35N3O7S/c1-19(2)17-33(41(38,39)23-11-9-22(40-3)10-12-23)18-29(36)25(13-20-7-5-4-6-8-20)32-30(37)26-14-21-15-27(34)28(35)16-24(21)31-26/h4-12,14-16,19,25,29,31,34-36H,13,17-18H2,1-3H3,(H,32,37)/t25-,29+/m0/s1. The number of phenolic OH excluding ortho intramolecular Hbond substituents is 2. The predicted molar refractivity (Wildman–Crippen MR) is 156 cm³/mol. The third kappa shape index (κ3) is 7.18. The van der Waals surface area contributed by atoms with E-state index < -0.39 is 28.1 Å². The molecule has 0 unspecified atom stereocenters. The summed E-state index contributed by atoms with van der Waals surface area (Å²) in [6.45, 7) is 3.68. The van der Waals surface area contributed by atoms with Crippen LogP contribution in [0.1, 0.15) is 29.9 Å². The number of methoxy groups -OCH3 is 1. The van der Waals surface area contributed by atoms with E-state index in [-0.39, 0.29) is 47.5 Å². The number of amides is 1. The molecule has 10 nitrogen and oxygen atoms in total. The molecule has 11 heteroatoms. The minimum Gasteiger partial charge on any atom is -0.504 e. The first-order chi connectivity index (χ1) is 19.5. The van der Waals surface area contributed by atoms with E-state index in [0.717, 1.165) is 5.56 Å². The average molecular weight is 582 g/mol. The summed E-state index contributed by atoms with van der Waals surface area (Å²) >= 11 is 0. The molecule has 0 radical (unpaired) electrons. The van der Waals surface area contributed by atoms with Crippen molar-refractivity contribution in [2.75, 3.05) is 20.2 Å². The largest absolute Gasteiger partial charge is 0.504 e. The fraction of sp³-hybridized carbons (Fsp3) is 0.300. The first-order valence-electron chi connectivity index (χ1n) is 13.2. The van der Waals surface area contributed by atoms with Gasteiger partial charge in [0.15, 0.2) is 11.5 Å². The third-order valence-corrected chi connectivity index (χ3v) is 8.54. The monoisotopic (exact) mass is 581 g/mol. The fourth-order valence-electron chi connectivity index (χ4n) is 4.59. The Hall–Kier alpha value is -4.06. The van der Waals surface area contributed by atoms with Crippen molar-refractivity contribution in [2.24, 2.45) is 5.92 Å². The Morgan fingerprint density at radius 3 is 2.27 bits per heavy atom. The number of aromatic amines is 1. The molecular formula is C30H35N3O7S. The van der Waals surface area contributed by atoms with Crippen molar-refractivity contribution in [2.45, 2.75) is 37.3 Å². The Kier molecular flexibility index (Phi) is 9.21. The molecule has 0 aliphatic heterocycles. The number of carbonyl (C=O) groups is 1. The number of carbonyl (C=O) groups excluding carboxylic acids is 1. The van der Waals surface area contributed by atoms with E-state index >= 15 is 0 Å². The predicted octanol–water partition coefficient (Wildman–Crippen LogP) is 3.64. The molecular weight excluding hydrogens is 546 g/mol. The van der Waals surface area contributed by atoms with Crippen LogP contribution in [0.15, 0.2) is 77.7 Å². The lowest BCUT2D eigenvalue weighted by molar-refractivity contribution is 0.0772. The van der Waals surface area contributed by atoms with Crippen LogP contribution >= 0.6 is 0 Å². The SMILES string of the molecule is COc1ccc(S(=O)(=O)N(CC(C)C)C[C@@H](O)[C@H](Cc2ccccc2)NC(=O)c2cc3cc(O)c(O)cc3[nH]2)cc1. The van der Waals surface area contributed by atoms with Gasteiger partial charge in [0, 0.05) is 30.1 Å². The number of fused-ring (bicyclic) bond motifs is 1. The highest BCUT2D eigenvalue weighted by atomic mass is 32.2. The summed E-state index contributed by atoms with van der Waals surface area (Å²) < 4.78 is 33.6. The van der Waals surface area contributed by atoms with E-state index in [1.165, 1.54) is 41.7 Å². The summed E-state index contributed by atoms with van der Waals surface area (Å²) in [4.78, 5) is 16.3. The van der Waals surface area contributed by atoms with E-state index in [9.17, 15) is 28.5 Å². The molecule has 41 heavy (non-hydrogen) atoms. The van der Waals surface area contributed by atoms with Gasteiger partial charge in [0.2, 0.25) is 10.0 Å². The summed E-state index contributed by atoms with van der Waals surface area (Å²) in [6.07, 6.45) is -1.02. The van der Waals surface area contributed by atoms with E-state index in [1.54, 1.807) is 12.1 Å².